The summed E-state index contributed by atoms with van der Waals surface area (Å²) in [5.74, 6) is -3.02. The van der Waals surface area contributed by atoms with Crippen molar-refractivity contribution in [3.63, 3.8) is 0 Å². The number of H-pyrrole nitrogens is 1. The van der Waals surface area contributed by atoms with Crippen LogP contribution < -0.4 is 5.56 Å². The number of hydrogen-bond donors (Lipinski definition) is 4. The standard InChI is InChI=1S/C21H16ClN5O4/c1-26-19-15(10-23-26)18-16(20(28)27(25-18)14-7-5-13(22)6-8-14)17(24-19)11-3-2-4-12(9-11)21(29,30)31/h2-10,25,29-31H,1H3. The third-order valence-corrected chi connectivity index (χ3v) is 5.38. The van der Waals surface area contributed by atoms with Gasteiger partial charge in [0, 0.05) is 23.2 Å². The van der Waals surface area contributed by atoms with Gasteiger partial charge in [-0.05, 0) is 30.3 Å². The number of aryl methyl sites for hydroxylation is 1. The summed E-state index contributed by atoms with van der Waals surface area (Å²) in [4.78, 5) is 18.1. The first-order valence-electron chi connectivity index (χ1n) is 9.24. The first-order chi connectivity index (χ1) is 14.7. The molecule has 3 aromatic heterocycles. The minimum Gasteiger partial charge on any atom is -0.340 e. The highest BCUT2D eigenvalue weighted by atomic mass is 35.5. The summed E-state index contributed by atoms with van der Waals surface area (Å²) in [6.07, 6.45) is 1.62. The first-order valence-corrected chi connectivity index (χ1v) is 9.62. The van der Waals surface area contributed by atoms with E-state index in [9.17, 15) is 20.1 Å². The highest BCUT2D eigenvalue weighted by Gasteiger charge is 2.24. The van der Waals surface area contributed by atoms with Crippen LogP contribution in [-0.4, -0.2) is 39.9 Å². The smallest absolute Gasteiger partial charge is 0.304 e. The van der Waals surface area contributed by atoms with Gasteiger partial charge in [-0.2, -0.15) is 5.10 Å². The molecule has 0 amide bonds. The molecule has 0 unspecified atom stereocenters. The molecule has 156 valence electrons. The zero-order valence-corrected chi connectivity index (χ0v) is 16.9. The summed E-state index contributed by atoms with van der Waals surface area (Å²) in [5.41, 5.74) is 1.88. The van der Waals surface area contributed by atoms with Gasteiger partial charge < -0.3 is 15.3 Å². The molecule has 0 aliphatic rings. The lowest BCUT2D eigenvalue weighted by atomic mass is 10.0. The van der Waals surface area contributed by atoms with Crippen molar-refractivity contribution in [1.82, 2.24) is 24.5 Å². The van der Waals surface area contributed by atoms with Crippen LogP contribution in [0.25, 0.3) is 38.9 Å². The van der Waals surface area contributed by atoms with Gasteiger partial charge in [0.25, 0.3) is 5.56 Å². The number of aromatic nitrogens is 5. The van der Waals surface area contributed by atoms with Crippen molar-refractivity contribution in [1.29, 1.82) is 0 Å². The van der Waals surface area contributed by atoms with Crippen molar-refractivity contribution < 1.29 is 15.3 Å². The summed E-state index contributed by atoms with van der Waals surface area (Å²) >= 11 is 5.98. The van der Waals surface area contributed by atoms with E-state index in [-0.39, 0.29) is 11.1 Å². The van der Waals surface area contributed by atoms with Gasteiger partial charge in [0.1, 0.15) is 0 Å². The summed E-state index contributed by atoms with van der Waals surface area (Å²) in [7, 11) is 1.73. The van der Waals surface area contributed by atoms with Crippen LogP contribution in [0.4, 0.5) is 0 Å². The molecule has 31 heavy (non-hydrogen) atoms. The van der Waals surface area contributed by atoms with E-state index < -0.39 is 5.97 Å². The van der Waals surface area contributed by atoms with E-state index in [1.165, 1.54) is 22.9 Å². The Kier molecular flexibility index (Phi) is 4.24. The fourth-order valence-electron chi connectivity index (χ4n) is 3.61. The molecular weight excluding hydrogens is 422 g/mol. The molecule has 0 bridgehead atoms. The van der Waals surface area contributed by atoms with Crippen LogP contribution in [0.2, 0.25) is 5.02 Å². The Hall–Kier alpha value is -3.50. The third kappa shape index (κ3) is 3.11. The molecule has 0 saturated heterocycles. The number of halogens is 1. The highest BCUT2D eigenvalue weighted by Crippen LogP contribution is 2.31. The predicted molar refractivity (Wildman–Crippen MR) is 115 cm³/mol. The third-order valence-electron chi connectivity index (χ3n) is 5.13. The Morgan fingerprint density at radius 3 is 2.55 bits per heavy atom. The van der Waals surface area contributed by atoms with Crippen LogP contribution in [0.5, 0.6) is 0 Å². The summed E-state index contributed by atoms with van der Waals surface area (Å²) < 4.78 is 2.96. The number of nitrogens with zero attached hydrogens (tertiary/aromatic N) is 4. The molecule has 0 atom stereocenters. The van der Waals surface area contributed by atoms with E-state index in [0.717, 1.165) is 0 Å². The zero-order valence-electron chi connectivity index (χ0n) is 16.1. The molecule has 5 rings (SSSR count). The summed E-state index contributed by atoms with van der Waals surface area (Å²) in [6.45, 7) is 0. The van der Waals surface area contributed by atoms with E-state index in [2.05, 4.69) is 15.2 Å². The fraction of sp³-hybridized carbons (Fsp3) is 0.0952. The minimum atomic E-state index is -3.02. The molecule has 10 heteroatoms. The second-order valence-electron chi connectivity index (χ2n) is 7.16. The molecule has 0 aliphatic carbocycles. The second-order valence-corrected chi connectivity index (χ2v) is 7.60. The van der Waals surface area contributed by atoms with Crippen molar-refractivity contribution >= 4 is 33.5 Å². The Morgan fingerprint density at radius 1 is 1.10 bits per heavy atom. The maximum atomic E-state index is 13.4. The van der Waals surface area contributed by atoms with E-state index in [1.807, 2.05) is 0 Å². The lowest BCUT2D eigenvalue weighted by Crippen LogP contribution is -2.23. The number of aliphatic hydroxyl groups is 3. The molecule has 3 heterocycles. The highest BCUT2D eigenvalue weighted by molar-refractivity contribution is 6.30. The summed E-state index contributed by atoms with van der Waals surface area (Å²) in [6, 6.07) is 12.7. The van der Waals surface area contributed by atoms with Crippen molar-refractivity contribution in [2.24, 2.45) is 7.05 Å². The number of fused-ring (bicyclic) bond motifs is 3. The number of pyridine rings is 1. The summed E-state index contributed by atoms with van der Waals surface area (Å²) in [5, 5.41) is 37.6. The molecule has 2 aromatic carbocycles. The Bertz CT molecular complexity index is 1510. The lowest BCUT2D eigenvalue weighted by Gasteiger charge is -2.15. The van der Waals surface area contributed by atoms with Crippen LogP contribution in [0.15, 0.2) is 59.5 Å². The maximum absolute atomic E-state index is 13.4. The van der Waals surface area contributed by atoms with E-state index in [1.54, 1.807) is 48.3 Å². The fourth-order valence-corrected chi connectivity index (χ4v) is 3.74. The van der Waals surface area contributed by atoms with Gasteiger partial charge in [-0.3, -0.25) is 14.6 Å². The van der Waals surface area contributed by atoms with E-state index >= 15 is 0 Å². The van der Waals surface area contributed by atoms with Crippen LogP contribution >= 0.6 is 11.6 Å². The number of rotatable bonds is 3. The van der Waals surface area contributed by atoms with Crippen molar-refractivity contribution in [2.45, 2.75) is 5.97 Å². The quantitative estimate of drug-likeness (QED) is 0.319. The molecule has 9 nitrogen and oxygen atoms in total. The molecule has 0 radical (unpaired) electrons. The van der Waals surface area contributed by atoms with Gasteiger partial charge in [-0.25, -0.2) is 9.67 Å². The lowest BCUT2D eigenvalue weighted by molar-refractivity contribution is -0.323. The van der Waals surface area contributed by atoms with Crippen LogP contribution in [0.1, 0.15) is 5.56 Å². The van der Waals surface area contributed by atoms with Gasteiger partial charge in [0.2, 0.25) is 0 Å². The molecule has 4 N–H and O–H groups in total. The van der Waals surface area contributed by atoms with Gasteiger partial charge in [-0.1, -0.05) is 29.8 Å². The van der Waals surface area contributed by atoms with E-state index in [0.29, 0.717) is 43.9 Å². The van der Waals surface area contributed by atoms with Crippen molar-refractivity contribution in [3.05, 3.63) is 75.7 Å². The number of benzene rings is 2. The minimum absolute atomic E-state index is 0.154. The largest absolute Gasteiger partial charge is 0.340 e. The van der Waals surface area contributed by atoms with Crippen molar-refractivity contribution in [3.8, 4) is 16.9 Å². The zero-order chi connectivity index (χ0) is 21.9. The normalized spacial score (nSPS) is 12.2. The van der Waals surface area contributed by atoms with Gasteiger partial charge in [0.15, 0.2) is 5.65 Å². The van der Waals surface area contributed by atoms with Crippen LogP contribution in [0, 0.1) is 0 Å². The molecule has 0 aliphatic heterocycles. The predicted octanol–water partition coefficient (Wildman–Crippen LogP) is 2.01. The molecular formula is C21H16ClN5O4. The van der Waals surface area contributed by atoms with Gasteiger partial charge in [0.05, 0.1) is 33.9 Å². The maximum Gasteiger partial charge on any atom is 0.304 e. The Balaban J connectivity index is 1.87. The van der Waals surface area contributed by atoms with Crippen LogP contribution in [-0.2, 0) is 13.0 Å². The number of aromatic amines is 1. The average molecular weight is 438 g/mol. The second kappa shape index (κ2) is 6.76. The molecule has 0 fully saturated rings. The van der Waals surface area contributed by atoms with Gasteiger partial charge in [-0.15, -0.1) is 0 Å². The molecule has 5 aromatic rings. The Morgan fingerprint density at radius 2 is 1.84 bits per heavy atom. The number of nitrogens with one attached hydrogen (secondary N) is 1. The first kappa shape index (κ1) is 19.5. The van der Waals surface area contributed by atoms with E-state index in [4.69, 9.17) is 11.6 Å². The van der Waals surface area contributed by atoms with Crippen molar-refractivity contribution in [2.75, 3.05) is 0 Å². The molecule has 0 saturated carbocycles. The molecule has 0 spiro atoms. The van der Waals surface area contributed by atoms with Crippen LogP contribution in [0.3, 0.4) is 0 Å². The topological polar surface area (TPSA) is 129 Å². The monoisotopic (exact) mass is 437 g/mol. The van der Waals surface area contributed by atoms with Gasteiger partial charge >= 0.3 is 5.97 Å². The SMILES string of the molecule is Cn1ncc2c3[nH]n(-c4ccc(Cl)cc4)c(=O)c3c(-c3cccc(C(O)(O)O)c3)nc21. The average Bonchev–Trinajstić information content (AvgIpc) is 3.28. The Labute approximate surface area is 179 Å². The number of hydrogen-bond acceptors (Lipinski definition) is 6.